The Hall–Kier alpha value is -1.35. The van der Waals surface area contributed by atoms with Crippen molar-refractivity contribution in [3.63, 3.8) is 0 Å². The minimum atomic E-state index is -0.516. The number of halogens is 1. The average molecular weight is 304 g/mol. The van der Waals surface area contributed by atoms with E-state index in [1.165, 1.54) is 11.1 Å². The summed E-state index contributed by atoms with van der Waals surface area (Å²) in [5.74, 6) is 0. The van der Waals surface area contributed by atoms with E-state index in [9.17, 15) is 5.11 Å². The first-order valence-electron chi connectivity index (χ1n) is 7.23. The number of hydrogen-bond donors (Lipinski definition) is 1. The van der Waals surface area contributed by atoms with E-state index in [4.69, 9.17) is 11.6 Å². The molecule has 0 bridgehead atoms. The Labute approximate surface area is 132 Å². The third-order valence-electron chi connectivity index (χ3n) is 3.75. The monoisotopic (exact) mass is 303 g/mol. The number of aliphatic hydroxyl groups is 1. The van der Waals surface area contributed by atoms with E-state index < -0.39 is 6.10 Å². The van der Waals surface area contributed by atoms with Crippen molar-refractivity contribution < 1.29 is 5.11 Å². The standard InChI is InChI=1S/C18H22ClNO/c1-14-7-3-4-8-15(14)13-20(2)12-11-18(21)16-9-5-6-10-17(16)19/h3-10,18,21H,11-13H2,1-2H3. The number of benzene rings is 2. The predicted molar refractivity (Wildman–Crippen MR) is 88.5 cm³/mol. The molecule has 112 valence electrons. The van der Waals surface area contributed by atoms with Crippen LogP contribution in [0.4, 0.5) is 0 Å². The van der Waals surface area contributed by atoms with E-state index in [1.54, 1.807) is 0 Å². The number of nitrogens with zero attached hydrogens (tertiary/aromatic N) is 1. The van der Waals surface area contributed by atoms with Crippen LogP contribution in [0.5, 0.6) is 0 Å². The molecule has 3 heteroatoms. The van der Waals surface area contributed by atoms with Crippen LogP contribution in [0.2, 0.25) is 5.02 Å². The maximum absolute atomic E-state index is 10.3. The Balaban J connectivity index is 1.88. The lowest BCUT2D eigenvalue weighted by molar-refractivity contribution is 0.147. The van der Waals surface area contributed by atoms with Crippen LogP contribution in [-0.4, -0.2) is 23.6 Å². The van der Waals surface area contributed by atoms with Crippen molar-refractivity contribution in [2.75, 3.05) is 13.6 Å². The molecule has 1 atom stereocenters. The molecule has 0 aliphatic rings. The fraction of sp³-hybridized carbons (Fsp3) is 0.333. The van der Waals surface area contributed by atoms with Crippen LogP contribution in [0, 0.1) is 6.92 Å². The van der Waals surface area contributed by atoms with Crippen molar-refractivity contribution >= 4 is 11.6 Å². The van der Waals surface area contributed by atoms with Gasteiger partial charge in [-0.2, -0.15) is 0 Å². The molecule has 0 aliphatic heterocycles. The summed E-state index contributed by atoms with van der Waals surface area (Å²) in [7, 11) is 2.08. The van der Waals surface area contributed by atoms with Crippen molar-refractivity contribution in [2.24, 2.45) is 0 Å². The highest BCUT2D eigenvalue weighted by molar-refractivity contribution is 6.31. The SMILES string of the molecule is Cc1ccccc1CN(C)CCC(O)c1ccccc1Cl. The first-order chi connectivity index (χ1) is 10.1. The Bertz CT molecular complexity index is 585. The summed E-state index contributed by atoms with van der Waals surface area (Å²) < 4.78 is 0. The van der Waals surface area contributed by atoms with Crippen molar-refractivity contribution in [3.8, 4) is 0 Å². The first kappa shape index (κ1) is 16.0. The second-order valence-corrected chi connectivity index (χ2v) is 5.90. The lowest BCUT2D eigenvalue weighted by Gasteiger charge is -2.20. The molecule has 0 amide bonds. The van der Waals surface area contributed by atoms with E-state index in [0.29, 0.717) is 11.4 Å². The third-order valence-corrected chi connectivity index (χ3v) is 4.09. The zero-order valence-electron chi connectivity index (χ0n) is 12.6. The maximum Gasteiger partial charge on any atom is 0.0816 e. The van der Waals surface area contributed by atoms with E-state index in [-0.39, 0.29) is 0 Å². The largest absolute Gasteiger partial charge is 0.388 e. The first-order valence-corrected chi connectivity index (χ1v) is 7.61. The van der Waals surface area contributed by atoms with Crippen molar-refractivity contribution in [1.29, 1.82) is 0 Å². The van der Waals surface area contributed by atoms with Gasteiger partial charge in [-0.15, -0.1) is 0 Å². The van der Waals surface area contributed by atoms with Gasteiger partial charge in [-0.25, -0.2) is 0 Å². The van der Waals surface area contributed by atoms with Gasteiger partial charge >= 0.3 is 0 Å². The predicted octanol–water partition coefficient (Wildman–Crippen LogP) is 4.20. The Morgan fingerprint density at radius 1 is 1.10 bits per heavy atom. The normalized spacial score (nSPS) is 12.6. The zero-order valence-corrected chi connectivity index (χ0v) is 13.3. The van der Waals surface area contributed by atoms with Crippen LogP contribution < -0.4 is 0 Å². The molecule has 0 saturated carbocycles. The van der Waals surface area contributed by atoms with Crippen molar-refractivity contribution in [2.45, 2.75) is 26.0 Å². The molecule has 2 nitrogen and oxygen atoms in total. The van der Waals surface area contributed by atoms with Crippen LogP contribution >= 0.6 is 11.6 Å². The lowest BCUT2D eigenvalue weighted by atomic mass is 10.1. The number of aryl methyl sites for hydroxylation is 1. The molecule has 0 spiro atoms. The summed E-state index contributed by atoms with van der Waals surface area (Å²) in [6.45, 7) is 3.84. The summed E-state index contributed by atoms with van der Waals surface area (Å²) in [5.41, 5.74) is 3.44. The Morgan fingerprint density at radius 2 is 1.76 bits per heavy atom. The molecule has 0 saturated heterocycles. The molecule has 2 aromatic carbocycles. The minimum Gasteiger partial charge on any atom is -0.388 e. The molecule has 0 radical (unpaired) electrons. The fourth-order valence-electron chi connectivity index (χ4n) is 2.40. The van der Waals surface area contributed by atoms with Crippen LogP contribution in [-0.2, 0) is 6.54 Å². The second kappa shape index (κ2) is 7.60. The highest BCUT2D eigenvalue weighted by Gasteiger charge is 2.12. The van der Waals surface area contributed by atoms with E-state index in [1.807, 2.05) is 24.3 Å². The molecule has 21 heavy (non-hydrogen) atoms. The quantitative estimate of drug-likeness (QED) is 0.864. The van der Waals surface area contributed by atoms with Gasteiger partial charge in [0.2, 0.25) is 0 Å². The van der Waals surface area contributed by atoms with E-state index in [2.05, 4.69) is 43.1 Å². The van der Waals surface area contributed by atoms with Crippen LogP contribution in [0.3, 0.4) is 0 Å². The average Bonchev–Trinajstić information content (AvgIpc) is 2.48. The molecular formula is C18H22ClNO. The van der Waals surface area contributed by atoms with Gasteiger partial charge in [0.05, 0.1) is 6.10 Å². The van der Waals surface area contributed by atoms with Gasteiger partial charge in [0.25, 0.3) is 0 Å². The van der Waals surface area contributed by atoms with Crippen LogP contribution in [0.1, 0.15) is 29.2 Å². The molecule has 1 N–H and O–H groups in total. The van der Waals surface area contributed by atoms with Gasteiger partial charge in [0, 0.05) is 18.1 Å². The molecule has 0 aromatic heterocycles. The molecule has 2 rings (SSSR count). The van der Waals surface area contributed by atoms with E-state index >= 15 is 0 Å². The topological polar surface area (TPSA) is 23.5 Å². The lowest BCUT2D eigenvalue weighted by Crippen LogP contribution is -2.21. The Kier molecular flexibility index (Phi) is 5.80. The molecule has 0 heterocycles. The van der Waals surface area contributed by atoms with Gasteiger partial charge in [-0.1, -0.05) is 54.1 Å². The van der Waals surface area contributed by atoms with Gasteiger partial charge in [-0.3, -0.25) is 0 Å². The van der Waals surface area contributed by atoms with Gasteiger partial charge in [0.15, 0.2) is 0 Å². The van der Waals surface area contributed by atoms with Crippen LogP contribution in [0.25, 0.3) is 0 Å². The summed E-state index contributed by atoms with van der Waals surface area (Å²) in [6, 6.07) is 15.9. The van der Waals surface area contributed by atoms with Crippen molar-refractivity contribution in [1.82, 2.24) is 4.90 Å². The highest BCUT2D eigenvalue weighted by Crippen LogP contribution is 2.25. The number of hydrogen-bond acceptors (Lipinski definition) is 2. The number of rotatable bonds is 6. The summed E-state index contributed by atoms with van der Waals surface area (Å²) in [4.78, 5) is 2.22. The van der Waals surface area contributed by atoms with Crippen molar-refractivity contribution in [3.05, 3.63) is 70.2 Å². The summed E-state index contributed by atoms with van der Waals surface area (Å²) >= 11 is 6.11. The molecule has 0 fully saturated rings. The zero-order chi connectivity index (χ0) is 15.2. The fourth-order valence-corrected chi connectivity index (χ4v) is 2.66. The Morgan fingerprint density at radius 3 is 2.48 bits per heavy atom. The maximum atomic E-state index is 10.3. The summed E-state index contributed by atoms with van der Waals surface area (Å²) in [6.07, 6.45) is 0.157. The molecular weight excluding hydrogens is 282 g/mol. The molecule has 2 aromatic rings. The van der Waals surface area contributed by atoms with E-state index in [0.717, 1.165) is 18.7 Å². The van der Waals surface area contributed by atoms with Crippen LogP contribution in [0.15, 0.2) is 48.5 Å². The molecule has 1 unspecified atom stereocenters. The molecule has 0 aliphatic carbocycles. The van der Waals surface area contributed by atoms with Gasteiger partial charge in [0.1, 0.15) is 0 Å². The summed E-state index contributed by atoms with van der Waals surface area (Å²) in [5, 5.41) is 10.9. The minimum absolute atomic E-state index is 0.516. The van der Waals surface area contributed by atoms with Gasteiger partial charge < -0.3 is 10.0 Å². The van der Waals surface area contributed by atoms with Gasteiger partial charge in [-0.05, 0) is 43.1 Å². The third kappa shape index (κ3) is 4.57. The second-order valence-electron chi connectivity index (χ2n) is 5.49. The number of aliphatic hydroxyl groups excluding tert-OH is 1. The smallest absolute Gasteiger partial charge is 0.0816 e. The highest BCUT2D eigenvalue weighted by atomic mass is 35.5.